The van der Waals surface area contributed by atoms with Gasteiger partial charge in [0.1, 0.15) is 0 Å². The molecular formula is C25H31FN6O3. The van der Waals surface area contributed by atoms with E-state index in [4.69, 9.17) is 9.47 Å². The zero-order valence-electron chi connectivity index (χ0n) is 20.0. The van der Waals surface area contributed by atoms with Crippen molar-refractivity contribution in [3.8, 4) is 5.75 Å². The second-order valence-electron chi connectivity index (χ2n) is 8.47. The Bertz CT molecular complexity index is 1060. The number of aromatic nitrogens is 1. The van der Waals surface area contributed by atoms with E-state index in [2.05, 4.69) is 30.5 Å². The van der Waals surface area contributed by atoms with E-state index in [1.54, 1.807) is 12.3 Å². The SMILES string of the molecule is CNC(=O)c1cc(CCC2C=NC(Nc3ccc(CN4CCOCC4)nc3)N=C2)c(F)c(OC)c1. The number of methoxy groups -OCH3 is 1. The number of hydrogen-bond donors (Lipinski definition) is 2. The van der Waals surface area contributed by atoms with Crippen LogP contribution in [-0.2, 0) is 17.7 Å². The number of pyridine rings is 1. The number of anilines is 1. The number of aryl methyl sites for hydroxylation is 1. The molecule has 1 aromatic carbocycles. The van der Waals surface area contributed by atoms with Gasteiger partial charge in [0.25, 0.3) is 5.91 Å². The van der Waals surface area contributed by atoms with E-state index in [9.17, 15) is 9.18 Å². The lowest BCUT2D eigenvalue weighted by Crippen LogP contribution is -2.35. The first-order valence-electron chi connectivity index (χ1n) is 11.7. The maximum Gasteiger partial charge on any atom is 0.251 e. The standard InChI is InChI=1S/C25H31FN6O3/c1-27-24(33)19-11-18(23(26)22(12-19)34-2)4-3-17-13-29-25(30-14-17)31-20-5-6-21(28-15-20)16-32-7-9-35-10-8-32/h5-6,11-15,17,25,31H,3-4,7-10,16H2,1-2H3,(H,27,33). The second-order valence-corrected chi connectivity index (χ2v) is 8.47. The Kier molecular flexibility index (Phi) is 8.38. The molecule has 0 aliphatic carbocycles. The van der Waals surface area contributed by atoms with Gasteiger partial charge in [-0.1, -0.05) is 0 Å². The summed E-state index contributed by atoms with van der Waals surface area (Å²) in [5.41, 5.74) is 2.64. The second kappa shape index (κ2) is 11.9. The van der Waals surface area contributed by atoms with Crippen molar-refractivity contribution in [3.63, 3.8) is 0 Å². The van der Waals surface area contributed by atoms with Crippen molar-refractivity contribution in [2.24, 2.45) is 15.9 Å². The van der Waals surface area contributed by atoms with E-state index >= 15 is 0 Å². The lowest BCUT2D eigenvalue weighted by Gasteiger charge is -2.26. The largest absolute Gasteiger partial charge is 0.494 e. The van der Waals surface area contributed by atoms with Crippen LogP contribution in [0.5, 0.6) is 5.75 Å². The van der Waals surface area contributed by atoms with Crippen LogP contribution in [0.1, 0.15) is 28.0 Å². The lowest BCUT2D eigenvalue weighted by molar-refractivity contribution is 0.0336. The average molecular weight is 483 g/mol. The Hall–Kier alpha value is -3.37. The Labute approximate surface area is 204 Å². The summed E-state index contributed by atoms with van der Waals surface area (Å²) in [6.45, 7) is 4.19. The lowest BCUT2D eigenvalue weighted by atomic mass is 9.98. The average Bonchev–Trinajstić information content (AvgIpc) is 2.90. The Balaban J connectivity index is 1.29. The Morgan fingerprint density at radius 1 is 1.23 bits per heavy atom. The molecule has 0 atom stereocenters. The summed E-state index contributed by atoms with van der Waals surface area (Å²) in [4.78, 5) is 27.8. The number of morpholine rings is 1. The molecule has 2 aliphatic heterocycles. The van der Waals surface area contributed by atoms with Crippen LogP contribution >= 0.6 is 0 Å². The number of aliphatic imine (C=N–C) groups is 2. The van der Waals surface area contributed by atoms with E-state index in [0.29, 0.717) is 24.0 Å². The van der Waals surface area contributed by atoms with E-state index in [0.717, 1.165) is 44.2 Å². The number of halogens is 1. The molecule has 9 nitrogen and oxygen atoms in total. The maximum atomic E-state index is 14.7. The highest BCUT2D eigenvalue weighted by Gasteiger charge is 2.18. The number of nitrogens with zero attached hydrogens (tertiary/aromatic N) is 4. The van der Waals surface area contributed by atoms with Crippen molar-refractivity contribution in [2.75, 3.05) is 45.8 Å². The van der Waals surface area contributed by atoms with Gasteiger partial charge in [0.2, 0.25) is 6.29 Å². The number of hydrogen-bond acceptors (Lipinski definition) is 8. The molecular weight excluding hydrogens is 451 g/mol. The number of nitrogens with one attached hydrogen (secondary N) is 2. The third kappa shape index (κ3) is 6.61. The molecule has 1 aromatic heterocycles. The molecule has 2 aliphatic rings. The van der Waals surface area contributed by atoms with Crippen LogP contribution in [0.4, 0.5) is 10.1 Å². The molecule has 1 fully saturated rings. The number of ether oxygens (including phenoxy) is 2. The smallest absolute Gasteiger partial charge is 0.251 e. The first-order valence-corrected chi connectivity index (χ1v) is 11.7. The highest BCUT2D eigenvalue weighted by atomic mass is 19.1. The van der Waals surface area contributed by atoms with E-state index < -0.39 is 12.1 Å². The Morgan fingerprint density at radius 2 is 2.00 bits per heavy atom. The minimum atomic E-state index is -0.450. The van der Waals surface area contributed by atoms with Crippen LogP contribution in [0.25, 0.3) is 0 Å². The monoisotopic (exact) mass is 482 g/mol. The van der Waals surface area contributed by atoms with Crippen LogP contribution in [0, 0.1) is 11.7 Å². The molecule has 0 unspecified atom stereocenters. The topological polar surface area (TPSA) is 100 Å². The molecule has 3 heterocycles. The number of rotatable bonds is 9. The molecule has 186 valence electrons. The molecule has 10 heteroatoms. The zero-order chi connectivity index (χ0) is 24.6. The van der Waals surface area contributed by atoms with Crippen molar-refractivity contribution in [2.45, 2.75) is 25.7 Å². The van der Waals surface area contributed by atoms with Crippen LogP contribution in [-0.4, -0.2) is 75.0 Å². The summed E-state index contributed by atoms with van der Waals surface area (Å²) < 4.78 is 25.2. The quantitative estimate of drug-likeness (QED) is 0.570. The highest BCUT2D eigenvalue weighted by Crippen LogP contribution is 2.25. The maximum absolute atomic E-state index is 14.7. The van der Waals surface area contributed by atoms with Crippen LogP contribution in [0.15, 0.2) is 40.4 Å². The van der Waals surface area contributed by atoms with E-state index in [1.165, 1.54) is 20.2 Å². The third-order valence-electron chi connectivity index (χ3n) is 6.02. The van der Waals surface area contributed by atoms with E-state index in [1.807, 2.05) is 24.6 Å². The summed E-state index contributed by atoms with van der Waals surface area (Å²) in [6, 6.07) is 6.96. The van der Waals surface area contributed by atoms with Crippen LogP contribution in [0.2, 0.25) is 0 Å². The van der Waals surface area contributed by atoms with Gasteiger partial charge >= 0.3 is 0 Å². The molecule has 4 rings (SSSR count). The molecule has 2 N–H and O–H groups in total. The van der Waals surface area contributed by atoms with Crippen molar-refractivity contribution >= 4 is 24.0 Å². The van der Waals surface area contributed by atoms with Gasteiger partial charge in [-0.05, 0) is 42.7 Å². The molecule has 0 saturated carbocycles. The number of benzene rings is 1. The van der Waals surface area contributed by atoms with Gasteiger partial charge in [-0.2, -0.15) is 0 Å². The summed E-state index contributed by atoms with van der Waals surface area (Å²) >= 11 is 0. The molecule has 2 aromatic rings. The van der Waals surface area contributed by atoms with Crippen molar-refractivity contribution < 1.29 is 18.7 Å². The highest BCUT2D eigenvalue weighted by molar-refractivity contribution is 5.94. The van der Waals surface area contributed by atoms with Crippen LogP contribution in [0.3, 0.4) is 0 Å². The summed E-state index contributed by atoms with van der Waals surface area (Å²) in [7, 11) is 2.92. The predicted octanol–water partition coefficient (Wildman–Crippen LogP) is 2.52. The van der Waals surface area contributed by atoms with Gasteiger partial charge < -0.3 is 20.1 Å². The van der Waals surface area contributed by atoms with Crippen molar-refractivity contribution in [3.05, 3.63) is 53.1 Å². The summed E-state index contributed by atoms with van der Waals surface area (Å²) in [5, 5.41) is 5.80. The number of carbonyl (C=O) groups is 1. The van der Waals surface area contributed by atoms with Crippen molar-refractivity contribution in [1.29, 1.82) is 0 Å². The van der Waals surface area contributed by atoms with E-state index in [-0.39, 0.29) is 17.6 Å². The summed E-state index contributed by atoms with van der Waals surface area (Å²) in [5.74, 6) is -0.714. The Morgan fingerprint density at radius 3 is 2.66 bits per heavy atom. The number of carbonyl (C=O) groups excluding carboxylic acids is 1. The molecule has 1 amide bonds. The van der Waals surface area contributed by atoms with Gasteiger partial charge in [0.05, 0.1) is 37.9 Å². The third-order valence-corrected chi connectivity index (χ3v) is 6.02. The van der Waals surface area contributed by atoms with Gasteiger partial charge in [-0.25, -0.2) is 4.39 Å². The normalized spacial score (nSPS) is 20.0. The first-order chi connectivity index (χ1) is 17.1. The number of amides is 1. The van der Waals surface area contributed by atoms with Gasteiger partial charge in [0.15, 0.2) is 11.6 Å². The molecule has 1 saturated heterocycles. The predicted molar refractivity (Wildman–Crippen MR) is 133 cm³/mol. The molecule has 0 bridgehead atoms. The minimum absolute atomic E-state index is 0.0314. The molecule has 35 heavy (non-hydrogen) atoms. The fourth-order valence-electron chi connectivity index (χ4n) is 4.01. The zero-order valence-corrected chi connectivity index (χ0v) is 20.0. The van der Waals surface area contributed by atoms with Crippen molar-refractivity contribution in [1.82, 2.24) is 15.2 Å². The van der Waals surface area contributed by atoms with Crippen LogP contribution < -0.4 is 15.4 Å². The first kappa shape index (κ1) is 24.7. The van der Waals surface area contributed by atoms with Gasteiger partial charge in [-0.3, -0.25) is 24.7 Å². The fraction of sp³-hybridized carbons (Fsp3) is 0.440. The van der Waals surface area contributed by atoms with Gasteiger partial charge in [0, 0.05) is 50.6 Å². The molecule has 0 radical (unpaired) electrons. The summed E-state index contributed by atoms with van der Waals surface area (Å²) in [6.07, 6.45) is 6.04. The van der Waals surface area contributed by atoms with Gasteiger partial charge in [-0.15, -0.1) is 0 Å². The molecule has 0 spiro atoms. The minimum Gasteiger partial charge on any atom is -0.494 e. The fourth-order valence-corrected chi connectivity index (χ4v) is 4.01.